The number of benzene rings is 2. The molecule has 5 heteroatoms. The minimum Gasteiger partial charge on any atom is -0.236 e. The van der Waals surface area contributed by atoms with Crippen LogP contribution in [0.5, 0.6) is 0 Å². The highest BCUT2D eigenvalue weighted by Gasteiger charge is 2.15. The molecule has 3 heterocycles. The second kappa shape index (κ2) is 6.19. The zero-order valence-electron chi connectivity index (χ0n) is 13.0. The molecular weight excluding hydrogens is 364 g/mol. The Morgan fingerprint density at radius 3 is 1.84 bits per heavy atom. The molecule has 0 aliphatic rings. The lowest BCUT2D eigenvalue weighted by Crippen LogP contribution is -1.85. The summed E-state index contributed by atoms with van der Waals surface area (Å²) < 4.78 is 2.41. The molecule has 0 aliphatic carbocycles. The van der Waals surface area contributed by atoms with Crippen molar-refractivity contribution in [3.8, 4) is 0 Å². The maximum absolute atomic E-state index is 4.86. The van der Waals surface area contributed by atoms with Crippen molar-refractivity contribution < 1.29 is 0 Å². The van der Waals surface area contributed by atoms with Gasteiger partial charge >= 0.3 is 0 Å². The van der Waals surface area contributed by atoms with Gasteiger partial charge in [-0.25, -0.2) is 9.97 Å². The minimum atomic E-state index is 1.02. The van der Waals surface area contributed by atoms with Crippen LogP contribution in [0.15, 0.2) is 66.0 Å². The summed E-state index contributed by atoms with van der Waals surface area (Å²) >= 11 is 5.18. The Labute approximate surface area is 156 Å². The van der Waals surface area contributed by atoms with Crippen LogP contribution < -0.4 is 0 Å². The van der Waals surface area contributed by atoms with Crippen molar-refractivity contribution in [2.24, 2.45) is 0 Å². The second-order valence-electron chi connectivity index (χ2n) is 5.55. The van der Waals surface area contributed by atoms with Gasteiger partial charge in [-0.3, -0.25) is 0 Å². The molecular formula is C20H12N2S3. The van der Waals surface area contributed by atoms with Gasteiger partial charge in [-0.2, -0.15) is 0 Å². The van der Waals surface area contributed by atoms with E-state index in [4.69, 9.17) is 9.97 Å². The standard InChI is InChI=1S/C20H12N2S3/c1-3-9-17-15(7-1)21-19(24-17)14(12-13-6-5-11-23-13)20-22-16-8-2-4-10-18(16)25-20/h1-12H. The van der Waals surface area contributed by atoms with Gasteiger partial charge in [-0.15, -0.1) is 34.0 Å². The molecule has 0 saturated heterocycles. The van der Waals surface area contributed by atoms with Crippen LogP contribution in [-0.4, -0.2) is 9.97 Å². The maximum Gasteiger partial charge on any atom is 0.127 e. The van der Waals surface area contributed by atoms with Crippen LogP contribution in [0.2, 0.25) is 0 Å². The number of thiophene rings is 1. The second-order valence-corrected chi connectivity index (χ2v) is 8.59. The summed E-state index contributed by atoms with van der Waals surface area (Å²) in [5.74, 6) is 0. The van der Waals surface area contributed by atoms with Crippen molar-refractivity contribution in [1.82, 2.24) is 9.97 Å². The molecule has 2 aromatic carbocycles. The summed E-state index contributed by atoms with van der Waals surface area (Å²) in [5.41, 5.74) is 3.19. The first-order valence-electron chi connectivity index (χ1n) is 7.84. The average molecular weight is 377 g/mol. The van der Waals surface area contributed by atoms with Crippen LogP contribution in [0.4, 0.5) is 0 Å². The van der Waals surface area contributed by atoms with Gasteiger partial charge in [0.15, 0.2) is 0 Å². The van der Waals surface area contributed by atoms with E-state index >= 15 is 0 Å². The molecule has 0 unspecified atom stereocenters. The number of hydrogen-bond acceptors (Lipinski definition) is 5. The van der Waals surface area contributed by atoms with E-state index in [1.165, 1.54) is 14.3 Å². The lowest BCUT2D eigenvalue weighted by molar-refractivity contribution is 1.39. The summed E-state index contributed by atoms with van der Waals surface area (Å²) in [6.45, 7) is 0. The zero-order valence-corrected chi connectivity index (χ0v) is 15.5. The highest BCUT2D eigenvalue weighted by atomic mass is 32.1. The molecule has 2 nitrogen and oxygen atoms in total. The van der Waals surface area contributed by atoms with Crippen molar-refractivity contribution in [2.45, 2.75) is 0 Å². The van der Waals surface area contributed by atoms with Crippen molar-refractivity contribution in [3.63, 3.8) is 0 Å². The number of fused-ring (bicyclic) bond motifs is 2. The Balaban J connectivity index is 1.73. The van der Waals surface area contributed by atoms with E-state index in [0.29, 0.717) is 0 Å². The van der Waals surface area contributed by atoms with E-state index in [1.54, 1.807) is 34.0 Å². The van der Waals surface area contributed by atoms with Gasteiger partial charge < -0.3 is 0 Å². The minimum absolute atomic E-state index is 1.02. The third kappa shape index (κ3) is 2.80. The molecule has 0 fully saturated rings. The van der Waals surface area contributed by atoms with Crippen LogP contribution in [0.3, 0.4) is 0 Å². The summed E-state index contributed by atoms with van der Waals surface area (Å²) in [5, 5.41) is 4.14. The van der Waals surface area contributed by atoms with Crippen LogP contribution in [0.25, 0.3) is 32.1 Å². The Morgan fingerprint density at radius 1 is 0.720 bits per heavy atom. The van der Waals surface area contributed by atoms with Crippen molar-refractivity contribution in [1.29, 1.82) is 0 Å². The molecule has 5 rings (SSSR count). The number of para-hydroxylation sites is 2. The van der Waals surface area contributed by atoms with Gasteiger partial charge in [0.05, 0.1) is 20.4 Å². The number of hydrogen-bond donors (Lipinski definition) is 0. The Morgan fingerprint density at radius 2 is 1.32 bits per heavy atom. The molecule has 0 bridgehead atoms. The molecule has 5 aromatic rings. The predicted octanol–water partition coefficient (Wildman–Crippen LogP) is 6.56. The van der Waals surface area contributed by atoms with Gasteiger partial charge in [0.1, 0.15) is 10.0 Å². The molecule has 0 saturated carbocycles. The quantitative estimate of drug-likeness (QED) is 0.356. The van der Waals surface area contributed by atoms with E-state index in [0.717, 1.165) is 26.6 Å². The van der Waals surface area contributed by atoms with Crippen molar-refractivity contribution >= 4 is 66.1 Å². The molecule has 0 amide bonds. The summed E-state index contributed by atoms with van der Waals surface area (Å²) in [6.07, 6.45) is 2.21. The fraction of sp³-hybridized carbons (Fsp3) is 0. The normalized spacial score (nSPS) is 11.2. The number of rotatable bonds is 3. The Bertz CT molecular complexity index is 1050. The van der Waals surface area contributed by atoms with Gasteiger partial charge in [0.2, 0.25) is 0 Å². The van der Waals surface area contributed by atoms with Gasteiger partial charge in [-0.1, -0.05) is 30.3 Å². The molecule has 120 valence electrons. The third-order valence-electron chi connectivity index (χ3n) is 3.88. The summed E-state index contributed by atoms with van der Waals surface area (Å²) in [4.78, 5) is 10.9. The number of aromatic nitrogens is 2. The largest absolute Gasteiger partial charge is 0.236 e. The van der Waals surface area contributed by atoms with Crippen molar-refractivity contribution in [2.75, 3.05) is 0 Å². The SMILES string of the molecule is C(=C(c1nc2ccccc2s1)c1nc2ccccc2s1)c1cccs1. The molecule has 25 heavy (non-hydrogen) atoms. The molecule has 0 spiro atoms. The van der Waals surface area contributed by atoms with E-state index in [-0.39, 0.29) is 0 Å². The summed E-state index contributed by atoms with van der Waals surface area (Å²) in [6, 6.07) is 20.8. The van der Waals surface area contributed by atoms with Crippen LogP contribution in [-0.2, 0) is 0 Å². The van der Waals surface area contributed by atoms with Crippen LogP contribution >= 0.6 is 34.0 Å². The molecule has 0 radical (unpaired) electrons. The first-order valence-corrected chi connectivity index (χ1v) is 10.4. The molecule has 0 aliphatic heterocycles. The van der Waals surface area contributed by atoms with Gasteiger partial charge in [0, 0.05) is 10.5 Å². The fourth-order valence-electron chi connectivity index (χ4n) is 2.71. The summed E-state index contributed by atoms with van der Waals surface area (Å²) in [7, 11) is 0. The van der Waals surface area contributed by atoms with Crippen molar-refractivity contribution in [3.05, 3.63) is 80.9 Å². The van der Waals surface area contributed by atoms with Gasteiger partial charge in [0.25, 0.3) is 0 Å². The van der Waals surface area contributed by atoms with Crippen LogP contribution in [0.1, 0.15) is 14.9 Å². The van der Waals surface area contributed by atoms with Gasteiger partial charge in [-0.05, 0) is 41.8 Å². The topological polar surface area (TPSA) is 25.8 Å². The van der Waals surface area contributed by atoms with E-state index in [1.807, 2.05) is 12.1 Å². The highest BCUT2D eigenvalue weighted by molar-refractivity contribution is 7.22. The zero-order chi connectivity index (χ0) is 16.6. The first kappa shape index (κ1) is 15.0. The molecule has 0 atom stereocenters. The Hall–Kier alpha value is -2.34. The lowest BCUT2D eigenvalue weighted by Gasteiger charge is -1.99. The molecule has 3 aromatic heterocycles. The predicted molar refractivity (Wildman–Crippen MR) is 111 cm³/mol. The average Bonchev–Trinajstić information content (AvgIpc) is 3.37. The maximum atomic E-state index is 4.86. The number of nitrogens with zero attached hydrogens (tertiary/aromatic N) is 2. The fourth-order valence-corrected chi connectivity index (χ4v) is 5.39. The highest BCUT2D eigenvalue weighted by Crippen LogP contribution is 2.36. The van der Waals surface area contributed by atoms with E-state index in [2.05, 4.69) is 60.0 Å². The third-order valence-corrected chi connectivity index (χ3v) is 6.84. The lowest BCUT2D eigenvalue weighted by atomic mass is 10.2. The monoisotopic (exact) mass is 376 g/mol. The smallest absolute Gasteiger partial charge is 0.127 e. The number of thiazole rings is 2. The van der Waals surface area contributed by atoms with Crippen LogP contribution in [0, 0.1) is 0 Å². The first-order chi connectivity index (χ1) is 12.4. The molecule has 0 N–H and O–H groups in total. The van der Waals surface area contributed by atoms with E-state index in [9.17, 15) is 0 Å². The van der Waals surface area contributed by atoms with E-state index < -0.39 is 0 Å². The Kier molecular flexibility index (Phi) is 3.70.